The van der Waals surface area contributed by atoms with Crippen molar-refractivity contribution >= 4 is 23.2 Å². The molecule has 0 saturated heterocycles. The van der Waals surface area contributed by atoms with Gasteiger partial charge in [-0.2, -0.15) is 0 Å². The van der Waals surface area contributed by atoms with Crippen LogP contribution in [0.5, 0.6) is 0 Å². The van der Waals surface area contributed by atoms with E-state index in [1.165, 1.54) is 0 Å². The summed E-state index contributed by atoms with van der Waals surface area (Å²) in [6.45, 7) is 0.0285. The Bertz CT molecular complexity index is 466. The predicted molar refractivity (Wildman–Crippen MR) is 71.8 cm³/mol. The molecule has 0 aliphatic rings. The molecule has 0 fully saturated rings. The molecule has 2 aromatic carbocycles. The molecule has 3 heteroatoms. The largest absolute Gasteiger partial charge is 0.395 e. The molecular formula is C14H12Cl2O. The minimum absolute atomic E-state index is 0.0285. The molecule has 0 aliphatic carbocycles. The zero-order valence-corrected chi connectivity index (χ0v) is 10.6. The van der Waals surface area contributed by atoms with E-state index in [0.29, 0.717) is 10.0 Å². The van der Waals surface area contributed by atoms with Crippen LogP contribution in [-0.2, 0) is 0 Å². The third-order valence-electron chi connectivity index (χ3n) is 2.68. The van der Waals surface area contributed by atoms with Crippen LogP contribution in [-0.4, -0.2) is 11.7 Å². The fourth-order valence-electron chi connectivity index (χ4n) is 1.85. The molecule has 0 bridgehead atoms. The van der Waals surface area contributed by atoms with E-state index in [4.69, 9.17) is 23.2 Å². The number of rotatable bonds is 3. The molecule has 88 valence electrons. The highest BCUT2D eigenvalue weighted by Gasteiger charge is 2.13. The van der Waals surface area contributed by atoms with Gasteiger partial charge in [0.15, 0.2) is 0 Å². The van der Waals surface area contributed by atoms with Crippen molar-refractivity contribution in [2.75, 3.05) is 6.61 Å². The van der Waals surface area contributed by atoms with E-state index in [-0.39, 0.29) is 12.5 Å². The van der Waals surface area contributed by atoms with Crippen LogP contribution >= 0.6 is 23.2 Å². The molecule has 0 spiro atoms. The summed E-state index contributed by atoms with van der Waals surface area (Å²) in [6.07, 6.45) is 0. The lowest BCUT2D eigenvalue weighted by molar-refractivity contribution is 0.280. The van der Waals surface area contributed by atoms with Crippen molar-refractivity contribution in [2.24, 2.45) is 0 Å². The molecule has 0 atom stereocenters. The fourth-order valence-corrected chi connectivity index (χ4v) is 2.25. The Morgan fingerprint density at radius 3 is 1.71 bits per heavy atom. The quantitative estimate of drug-likeness (QED) is 0.886. The molecule has 0 aliphatic heterocycles. The molecule has 0 unspecified atom stereocenters. The topological polar surface area (TPSA) is 20.2 Å². The van der Waals surface area contributed by atoms with Gasteiger partial charge in [-0.15, -0.1) is 0 Å². The standard InChI is InChI=1S/C14H12Cl2O/c15-12-5-1-3-10(7-12)14(9-17)11-4-2-6-13(16)8-11/h1-8,14,17H,9H2. The molecular weight excluding hydrogens is 255 g/mol. The minimum Gasteiger partial charge on any atom is -0.395 e. The minimum atomic E-state index is -0.0904. The fraction of sp³-hybridized carbons (Fsp3) is 0.143. The summed E-state index contributed by atoms with van der Waals surface area (Å²) in [6, 6.07) is 15.0. The SMILES string of the molecule is OCC(c1cccc(Cl)c1)c1cccc(Cl)c1. The molecule has 2 rings (SSSR count). The summed E-state index contributed by atoms with van der Waals surface area (Å²) in [5, 5.41) is 10.9. The first-order valence-corrected chi connectivity index (χ1v) is 6.08. The summed E-state index contributed by atoms with van der Waals surface area (Å²) >= 11 is 11.9. The normalized spacial score (nSPS) is 10.8. The first-order valence-electron chi connectivity index (χ1n) is 5.32. The molecule has 1 N–H and O–H groups in total. The van der Waals surface area contributed by atoms with Gasteiger partial charge >= 0.3 is 0 Å². The molecule has 2 aromatic rings. The number of hydrogen-bond acceptors (Lipinski definition) is 1. The second-order valence-corrected chi connectivity index (χ2v) is 4.72. The monoisotopic (exact) mass is 266 g/mol. The van der Waals surface area contributed by atoms with Gasteiger partial charge in [-0.1, -0.05) is 47.5 Å². The Morgan fingerprint density at radius 2 is 1.35 bits per heavy atom. The summed E-state index contributed by atoms with van der Waals surface area (Å²) in [5.74, 6) is -0.0904. The van der Waals surface area contributed by atoms with Crippen molar-refractivity contribution in [1.82, 2.24) is 0 Å². The van der Waals surface area contributed by atoms with Gasteiger partial charge < -0.3 is 5.11 Å². The summed E-state index contributed by atoms with van der Waals surface area (Å²) < 4.78 is 0. The predicted octanol–water partition coefficient (Wildman–Crippen LogP) is 4.12. The van der Waals surface area contributed by atoms with E-state index in [1.807, 2.05) is 48.5 Å². The number of hydrogen-bond donors (Lipinski definition) is 1. The van der Waals surface area contributed by atoms with E-state index >= 15 is 0 Å². The zero-order valence-electron chi connectivity index (χ0n) is 9.11. The highest BCUT2D eigenvalue weighted by atomic mass is 35.5. The first-order chi connectivity index (χ1) is 8.20. The smallest absolute Gasteiger partial charge is 0.0540 e. The molecule has 0 saturated carbocycles. The Hall–Kier alpha value is -1.02. The van der Waals surface area contributed by atoms with Gasteiger partial charge in [-0.05, 0) is 35.4 Å². The third-order valence-corrected chi connectivity index (χ3v) is 3.15. The van der Waals surface area contributed by atoms with E-state index in [1.54, 1.807) is 0 Å². The van der Waals surface area contributed by atoms with Crippen molar-refractivity contribution in [3.8, 4) is 0 Å². The number of halogens is 2. The molecule has 1 nitrogen and oxygen atoms in total. The lowest BCUT2D eigenvalue weighted by atomic mass is 9.92. The van der Waals surface area contributed by atoms with Crippen molar-refractivity contribution in [3.63, 3.8) is 0 Å². The molecule has 0 radical (unpaired) electrons. The van der Waals surface area contributed by atoms with E-state index in [0.717, 1.165) is 11.1 Å². The number of aliphatic hydroxyl groups is 1. The van der Waals surface area contributed by atoms with Crippen LogP contribution in [0.1, 0.15) is 17.0 Å². The van der Waals surface area contributed by atoms with Crippen LogP contribution < -0.4 is 0 Å². The van der Waals surface area contributed by atoms with Crippen LogP contribution in [0, 0.1) is 0 Å². The summed E-state index contributed by atoms with van der Waals surface area (Å²) in [7, 11) is 0. The van der Waals surface area contributed by atoms with Crippen LogP contribution in [0.15, 0.2) is 48.5 Å². The van der Waals surface area contributed by atoms with Gasteiger partial charge in [0.2, 0.25) is 0 Å². The second kappa shape index (κ2) is 5.54. The van der Waals surface area contributed by atoms with Gasteiger partial charge in [-0.25, -0.2) is 0 Å². The average molecular weight is 267 g/mol. The maximum Gasteiger partial charge on any atom is 0.0540 e. The Kier molecular flexibility index (Phi) is 4.06. The van der Waals surface area contributed by atoms with Gasteiger partial charge in [0.05, 0.1) is 6.61 Å². The second-order valence-electron chi connectivity index (χ2n) is 3.85. The van der Waals surface area contributed by atoms with Gasteiger partial charge in [0.1, 0.15) is 0 Å². The van der Waals surface area contributed by atoms with Crippen LogP contribution in [0.3, 0.4) is 0 Å². The van der Waals surface area contributed by atoms with Crippen LogP contribution in [0.4, 0.5) is 0 Å². The maximum atomic E-state index is 9.53. The third kappa shape index (κ3) is 3.01. The van der Waals surface area contributed by atoms with Gasteiger partial charge in [-0.3, -0.25) is 0 Å². The highest BCUT2D eigenvalue weighted by molar-refractivity contribution is 6.31. The number of aliphatic hydroxyl groups excluding tert-OH is 1. The summed E-state index contributed by atoms with van der Waals surface area (Å²) in [4.78, 5) is 0. The lowest BCUT2D eigenvalue weighted by Gasteiger charge is -2.15. The molecule has 0 heterocycles. The molecule has 0 amide bonds. The molecule has 0 aromatic heterocycles. The van der Waals surface area contributed by atoms with E-state index in [9.17, 15) is 5.11 Å². The van der Waals surface area contributed by atoms with Crippen molar-refractivity contribution < 1.29 is 5.11 Å². The van der Waals surface area contributed by atoms with E-state index < -0.39 is 0 Å². The molecule has 17 heavy (non-hydrogen) atoms. The zero-order chi connectivity index (χ0) is 12.3. The Morgan fingerprint density at radius 1 is 0.882 bits per heavy atom. The highest BCUT2D eigenvalue weighted by Crippen LogP contribution is 2.27. The Labute approximate surface area is 111 Å². The number of benzene rings is 2. The van der Waals surface area contributed by atoms with Crippen LogP contribution in [0.2, 0.25) is 10.0 Å². The summed E-state index contributed by atoms with van der Waals surface area (Å²) in [5.41, 5.74) is 1.98. The van der Waals surface area contributed by atoms with Gasteiger partial charge in [0, 0.05) is 16.0 Å². The van der Waals surface area contributed by atoms with Crippen molar-refractivity contribution in [3.05, 3.63) is 69.7 Å². The van der Waals surface area contributed by atoms with Crippen molar-refractivity contribution in [1.29, 1.82) is 0 Å². The maximum absolute atomic E-state index is 9.53. The van der Waals surface area contributed by atoms with E-state index in [2.05, 4.69) is 0 Å². The van der Waals surface area contributed by atoms with Gasteiger partial charge in [0.25, 0.3) is 0 Å². The van der Waals surface area contributed by atoms with Crippen LogP contribution in [0.25, 0.3) is 0 Å². The lowest BCUT2D eigenvalue weighted by Crippen LogP contribution is -2.05. The van der Waals surface area contributed by atoms with Crippen molar-refractivity contribution in [2.45, 2.75) is 5.92 Å². The average Bonchev–Trinajstić information content (AvgIpc) is 2.30. The Balaban J connectivity index is 2.40. The first kappa shape index (κ1) is 12.4.